The quantitative estimate of drug-likeness (QED) is 0.818. The average molecular weight is 262 g/mol. The van der Waals surface area contributed by atoms with Crippen LogP contribution in [0.2, 0.25) is 0 Å². The molecule has 1 aliphatic rings. The highest BCUT2D eigenvalue weighted by atomic mass is 16.5. The topological polar surface area (TPSA) is 24.5 Å². The van der Waals surface area contributed by atoms with Crippen LogP contribution in [0, 0.1) is 0 Å². The SMILES string of the molecule is CCCNC(C)c1ccc2c(c1)CCN2CCOC. The minimum Gasteiger partial charge on any atom is -0.383 e. The van der Waals surface area contributed by atoms with Gasteiger partial charge in [-0.15, -0.1) is 0 Å². The fourth-order valence-corrected chi connectivity index (χ4v) is 2.67. The Morgan fingerprint density at radius 3 is 3.00 bits per heavy atom. The van der Waals surface area contributed by atoms with Gasteiger partial charge in [0.2, 0.25) is 0 Å². The van der Waals surface area contributed by atoms with Crippen molar-refractivity contribution < 1.29 is 4.74 Å². The molecule has 0 amide bonds. The van der Waals surface area contributed by atoms with Gasteiger partial charge in [-0.2, -0.15) is 0 Å². The van der Waals surface area contributed by atoms with E-state index in [0.717, 1.165) is 32.7 Å². The molecular formula is C16H26N2O. The Morgan fingerprint density at radius 1 is 1.42 bits per heavy atom. The molecule has 1 atom stereocenters. The molecule has 0 spiro atoms. The predicted molar refractivity (Wildman–Crippen MR) is 80.9 cm³/mol. The minimum absolute atomic E-state index is 0.443. The molecule has 1 aromatic rings. The first-order valence-electron chi connectivity index (χ1n) is 7.36. The van der Waals surface area contributed by atoms with E-state index >= 15 is 0 Å². The second kappa shape index (κ2) is 6.92. The van der Waals surface area contributed by atoms with Gasteiger partial charge in [0, 0.05) is 31.9 Å². The largest absolute Gasteiger partial charge is 0.383 e. The van der Waals surface area contributed by atoms with Crippen LogP contribution in [-0.2, 0) is 11.2 Å². The molecule has 0 aromatic heterocycles. The third kappa shape index (κ3) is 3.48. The molecule has 2 rings (SSSR count). The Kier molecular flexibility index (Phi) is 5.23. The summed E-state index contributed by atoms with van der Waals surface area (Å²) >= 11 is 0. The molecule has 1 heterocycles. The summed E-state index contributed by atoms with van der Waals surface area (Å²) in [5.74, 6) is 0. The molecule has 1 aliphatic heterocycles. The monoisotopic (exact) mass is 262 g/mol. The smallest absolute Gasteiger partial charge is 0.0637 e. The van der Waals surface area contributed by atoms with Gasteiger partial charge in [-0.3, -0.25) is 0 Å². The maximum atomic E-state index is 5.17. The van der Waals surface area contributed by atoms with Gasteiger partial charge in [0.15, 0.2) is 0 Å². The molecule has 1 unspecified atom stereocenters. The van der Waals surface area contributed by atoms with Crippen LogP contribution in [0.5, 0.6) is 0 Å². The molecule has 0 bridgehead atoms. The molecule has 0 radical (unpaired) electrons. The van der Waals surface area contributed by atoms with E-state index in [0.29, 0.717) is 6.04 Å². The van der Waals surface area contributed by atoms with E-state index in [4.69, 9.17) is 4.74 Å². The molecule has 3 heteroatoms. The fraction of sp³-hybridized carbons (Fsp3) is 0.625. The minimum atomic E-state index is 0.443. The summed E-state index contributed by atoms with van der Waals surface area (Å²) in [5.41, 5.74) is 4.28. The Morgan fingerprint density at radius 2 is 2.26 bits per heavy atom. The lowest BCUT2D eigenvalue weighted by atomic mass is 10.0. The zero-order valence-corrected chi connectivity index (χ0v) is 12.4. The Hall–Kier alpha value is -1.06. The lowest BCUT2D eigenvalue weighted by Gasteiger charge is -2.20. The zero-order chi connectivity index (χ0) is 13.7. The summed E-state index contributed by atoms with van der Waals surface area (Å²) < 4.78 is 5.17. The number of nitrogens with zero attached hydrogens (tertiary/aromatic N) is 1. The van der Waals surface area contributed by atoms with Crippen molar-refractivity contribution in [3.05, 3.63) is 29.3 Å². The number of anilines is 1. The molecule has 0 saturated heterocycles. The average Bonchev–Trinajstić information content (AvgIpc) is 2.84. The highest BCUT2D eigenvalue weighted by molar-refractivity contribution is 5.59. The van der Waals surface area contributed by atoms with Crippen LogP contribution in [0.25, 0.3) is 0 Å². The van der Waals surface area contributed by atoms with Crippen molar-refractivity contribution >= 4 is 5.69 Å². The molecule has 0 aliphatic carbocycles. The van der Waals surface area contributed by atoms with Crippen LogP contribution in [0.4, 0.5) is 5.69 Å². The molecule has 0 fully saturated rings. The first-order chi connectivity index (χ1) is 9.26. The van der Waals surface area contributed by atoms with E-state index in [1.54, 1.807) is 7.11 Å². The molecule has 3 nitrogen and oxygen atoms in total. The van der Waals surface area contributed by atoms with Gasteiger partial charge in [-0.05, 0) is 43.5 Å². The van der Waals surface area contributed by atoms with E-state index in [-0.39, 0.29) is 0 Å². The van der Waals surface area contributed by atoms with E-state index in [1.807, 2.05) is 0 Å². The second-order valence-corrected chi connectivity index (χ2v) is 5.29. The maximum Gasteiger partial charge on any atom is 0.0637 e. The molecule has 106 valence electrons. The van der Waals surface area contributed by atoms with Crippen molar-refractivity contribution in [1.82, 2.24) is 5.32 Å². The van der Waals surface area contributed by atoms with Crippen molar-refractivity contribution in [3.63, 3.8) is 0 Å². The fourth-order valence-electron chi connectivity index (χ4n) is 2.67. The summed E-state index contributed by atoms with van der Waals surface area (Å²) in [7, 11) is 1.77. The van der Waals surface area contributed by atoms with Gasteiger partial charge >= 0.3 is 0 Å². The Balaban J connectivity index is 2.04. The number of hydrogen-bond acceptors (Lipinski definition) is 3. The van der Waals surface area contributed by atoms with Crippen LogP contribution in [-0.4, -0.2) is 33.4 Å². The van der Waals surface area contributed by atoms with Crippen LogP contribution in [0.1, 0.15) is 37.4 Å². The van der Waals surface area contributed by atoms with Gasteiger partial charge < -0.3 is 15.0 Å². The zero-order valence-electron chi connectivity index (χ0n) is 12.4. The second-order valence-electron chi connectivity index (χ2n) is 5.29. The first kappa shape index (κ1) is 14.4. The van der Waals surface area contributed by atoms with Crippen LogP contribution in [0.3, 0.4) is 0 Å². The normalized spacial score (nSPS) is 15.6. The van der Waals surface area contributed by atoms with E-state index < -0.39 is 0 Å². The van der Waals surface area contributed by atoms with Crippen LogP contribution < -0.4 is 10.2 Å². The number of methoxy groups -OCH3 is 1. The molecule has 1 aromatic carbocycles. The molecule has 0 saturated carbocycles. The standard InChI is InChI=1S/C16H26N2O/c1-4-8-17-13(2)14-5-6-16-15(12-14)7-9-18(16)10-11-19-3/h5-6,12-13,17H,4,7-11H2,1-3H3. The summed E-state index contributed by atoms with van der Waals surface area (Å²) in [6, 6.07) is 7.35. The van der Waals surface area contributed by atoms with Gasteiger partial charge in [-0.25, -0.2) is 0 Å². The van der Waals surface area contributed by atoms with E-state index in [9.17, 15) is 0 Å². The summed E-state index contributed by atoms with van der Waals surface area (Å²) in [4.78, 5) is 2.42. The number of benzene rings is 1. The van der Waals surface area contributed by atoms with Gasteiger partial charge in [-0.1, -0.05) is 19.1 Å². The van der Waals surface area contributed by atoms with E-state index in [2.05, 4.69) is 42.3 Å². The number of hydrogen-bond donors (Lipinski definition) is 1. The Labute approximate surface area is 116 Å². The highest BCUT2D eigenvalue weighted by Crippen LogP contribution is 2.30. The van der Waals surface area contributed by atoms with Crippen molar-refractivity contribution in [2.24, 2.45) is 0 Å². The Bertz CT molecular complexity index is 406. The highest BCUT2D eigenvalue weighted by Gasteiger charge is 2.19. The lowest BCUT2D eigenvalue weighted by molar-refractivity contribution is 0.205. The first-order valence-corrected chi connectivity index (χ1v) is 7.36. The molecular weight excluding hydrogens is 236 g/mol. The number of ether oxygens (including phenoxy) is 1. The predicted octanol–water partition coefficient (Wildman–Crippen LogP) is 2.76. The van der Waals surface area contributed by atoms with Crippen molar-refractivity contribution in [2.45, 2.75) is 32.7 Å². The summed E-state index contributed by atoms with van der Waals surface area (Å²) in [5, 5.41) is 3.55. The van der Waals surface area contributed by atoms with Gasteiger partial charge in [0.1, 0.15) is 0 Å². The van der Waals surface area contributed by atoms with Crippen LogP contribution in [0.15, 0.2) is 18.2 Å². The number of rotatable bonds is 7. The van der Waals surface area contributed by atoms with Crippen molar-refractivity contribution in [1.29, 1.82) is 0 Å². The van der Waals surface area contributed by atoms with Gasteiger partial charge in [0.05, 0.1) is 6.61 Å². The lowest BCUT2D eigenvalue weighted by Crippen LogP contribution is -2.24. The third-order valence-electron chi connectivity index (χ3n) is 3.86. The van der Waals surface area contributed by atoms with Crippen molar-refractivity contribution in [3.8, 4) is 0 Å². The van der Waals surface area contributed by atoms with E-state index in [1.165, 1.54) is 23.2 Å². The van der Waals surface area contributed by atoms with Crippen molar-refractivity contribution in [2.75, 3.05) is 38.3 Å². The number of nitrogens with one attached hydrogen (secondary N) is 1. The third-order valence-corrected chi connectivity index (χ3v) is 3.86. The maximum absolute atomic E-state index is 5.17. The molecule has 1 N–H and O–H groups in total. The summed E-state index contributed by atoms with van der Waals surface area (Å²) in [6.07, 6.45) is 2.34. The summed E-state index contributed by atoms with van der Waals surface area (Å²) in [6.45, 7) is 8.45. The number of fused-ring (bicyclic) bond motifs is 1. The van der Waals surface area contributed by atoms with Crippen LogP contribution >= 0.6 is 0 Å². The molecule has 19 heavy (non-hydrogen) atoms. The van der Waals surface area contributed by atoms with Gasteiger partial charge in [0.25, 0.3) is 0 Å².